The van der Waals surface area contributed by atoms with Crippen molar-refractivity contribution in [3.63, 3.8) is 0 Å². The second-order valence-electron chi connectivity index (χ2n) is 6.05. The number of hydrogen-bond donors (Lipinski definition) is 2. The lowest BCUT2D eigenvalue weighted by molar-refractivity contribution is 0.0938. The van der Waals surface area contributed by atoms with Gasteiger partial charge in [-0.15, -0.1) is 0 Å². The molecule has 2 N–H and O–H groups in total. The van der Waals surface area contributed by atoms with Crippen molar-refractivity contribution in [1.29, 1.82) is 0 Å². The third-order valence-corrected chi connectivity index (χ3v) is 4.60. The first-order valence-electron chi connectivity index (χ1n) is 7.78. The van der Waals surface area contributed by atoms with Gasteiger partial charge in [0.15, 0.2) is 0 Å². The Kier molecular flexibility index (Phi) is 4.41. The van der Waals surface area contributed by atoms with Gasteiger partial charge in [0.25, 0.3) is 12.3 Å². The van der Waals surface area contributed by atoms with Crippen LogP contribution in [-0.4, -0.2) is 22.6 Å². The van der Waals surface area contributed by atoms with Crippen molar-refractivity contribution in [1.82, 2.24) is 15.5 Å². The summed E-state index contributed by atoms with van der Waals surface area (Å²) >= 11 is 0. The summed E-state index contributed by atoms with van der Waals surface area (Å²) in [6.07, 6.45) is 1.63. The molecule has 0 aliphatic heterocycles. The van der Waals surface area contributed by atoms with Crippen LogP contribution in [0.2, 0.25) is 0 Å². The molecule has 1 fully saturated rings. The zero-order valence-corrected chi connectivity index (χ0v) is 12.7. The van der Waals surface area contributed by atoms with E-state index in [4.69, 9.17) is 0 Å². The number of aromatic amines is 1. The molecule has 1 aromatic carbocycles. The van der Waals surface area contributed by atoms with Crippen LogP contribution in [0, 0.1) is 0 Å². The first-order valence-corrected chi connectivity index (χ1v) is 7.78. The predicted octanol–water partition coefficient (Wildman–Crippen LogP) is 3.59. The molecule has 0 unspecified atom stereocenters. The maximum Gasteiger partial charge on any atom is 0.279 e. The number of nitrogens with zero attached hydrogens (tertiary/aromatic N) is 1. The standard InChI is InChI=1S/C17H19F2N3O/c18-15(19)13-10-14(22-21-13)16(23)20-11-17(8-4-5-9-17)12-6-2-1-3-7-12/h1-3,6-7,10,15H,4-5,8-9,11H2,(H,20,23)(H,21,22). The monoisotopic (exact) mass is 319 g/mol. The van der Waals surface area contributed by atoms with E-state index >= 15 is 0 Å². The second-order valence-corrected chi connectivity index (χ2v) is 6.05. The van der Waals surface area contributed by atoms with Crippen LogP contribution >= 0.6 is 0 Å². The minimum Gasteiger partial charge on any atom is -0.350 e. The molecule has 122 valence electrons. The molecule has 0 bridgehead atoms. The molecule has 2 aromatic rings. The summed E-state index contributed by atoms with van der Waals surface area (Å²) in [5.74, 6) is -0.421. The molecular weight excluding hydrogens is 300 g/mol. The lowest BCUT2D eigenvalue weighted by Crippen LogP contribution is -2.39. The summed E-state index contributed by atoms with van der Waals surface area (Å²) in [6, 6.07) is 11.2. The number of alkyl halides is 2. The van der Waals surface area contributed by atoms with Gasteiger partial charge in [0.2, 0.25) is 0 Å². The van der Waals surface area contributed by atoms with Gasteiger partial charge in [-0.3, -0.25) is 9.89 Å². The Hall–Kier alpha value is -2.24. The summed E-state index contributed by atoms with van der Waals surface area (Å²) < 4.78 is 25.1. The number of aromatic nitrogens is 2. The van der Waals surface area contributed by atoms with E-state index in [9.17, 15) is 13.6 Å². The largest absolute Gasteiger partial charge is 0.350 e. The highest BCUT2D eigenvalue weighted by molar-refractivity contribution is 5.92. The zero-order chi connectivity index (χ0) is 16.3. The van der Waals surface area contributed by atoms with Crippen LogP contribution in [0.1, 0.15) is 53.9 Å². The number of rotatable bonds is 5. The van der Waals surface area contributed by atoms with E-state index < -0.39 is 12.3 Å². The van der Waals surface area contributed by atoms with Gasteiger partial charge in [0, 0.05) is 12.0 Å². The molecule has 1 heterocycles. The lowest BCUT2D eigenvalue weighted by Gasteiger charge is -2.29. The van der Waals surface area contributed by atoms with E-state index in [1.807, 2.05) is 18.2 Å². The molecule has 0 saturated heterocycles. The topological polar surface area (TPSA) is 57.8 Å². The Labute approximate surface area is 133 Å². The smallest absolute Gasteiger partial charge is 0.279 e. The van der Waals surface area contributed by atoms with Crippen LogP contribution in [-0.2, 0) is 5.41 Å². The van der Waals surface area contributed by atoms with Gasteiger partial charge >= 0.3 is 0 Å². The molecule has 1 saturated carbocycles. The number of hydrogen-bond acceptors (Lipinski definition) is 2. The highest BCUT2D eigenvalue weighted by Crippen LogP contribution is 2.40. The molecule has 4 nitrogen and oxygen atoms in total. The highest BCUT2D eigenvalue weighted by Gasteiger charge is 2.36. The molecule has 0 spiro atoms. The number of carbonyl (C=O) groups is 1. The van der Waals surface area contributed by atoms with Crippen molar-refractivity contribution >= 4 is 5.91 Å². The Morgan fingerprint density at radius 2 is 1.96 bits per heavy atom. The summed E-state index contributed by atoms with van der Waals surface area (Å²) in [5.41, 5.74) is 0.807. The molecule has 1 aromatic heterocycles. The second kappa shape index (κ2) is 6.48. The number of carbonyl (C=O) groups excluding carboxylic acids is 1. The third-order valence-electron chi connectivity index (χ3n) is 4.60. The summed E-state index contributed by atoms with van der Waals surface area (Å²) in [7, 11) is 0. The van der Waals surface area contributed by atoms with E-state index in [1.165, 1.54) is 5.56 Å². The average Bonchev–Trinajstić information content (AvgIpc) is 3.24. The molecule has 6 heteroatoms. The predicted molar refractivity (Wildman–Crippen MR) is 82.5 cm³/mol. The highest BCUT2D eigenvalue weighted by atomic mass is 19.3. The minimum absolute atomic E-state index is 0.00140. The van der Waals surface area contributed by atoms with Crippen LogP contribution in [0.25, 0.3) is 0 Å². The Morgan fingerprint density at radius 1 is 1.26 bits per heavy atom. The third kappa shape index (κ3) is 3.25. The number of nitrogens with one attached hydrogen (secondary N) is 2. The van der Waals surface area contributed by atoms with E-state index in [1.54, 1.807) is 0 Å². The maximum absolute atomic E-state index is 12.6. The first-order chi connectivity index (χ1) is 11.1. The molecule has 23 heavy (non-hydrogen) atoms. The van der Waals surface area contributed by atoms with Crippen LogP contribution in [0.5, 0.6) is 0 Å². The van der Waals surface area contributed by atoms with Gasteiger partial charge in [0.1, 0.15) is 11.4 Å². The summed E-state index contributed by atoms with van der Waals surface area (Å²) in [4.78, 5) is 12.2. The van der Waals surface area contributed by atoms with Crippen LogP contribution in [0.15, 0.2) is 36.4 Å². The SMILES string of the molecule is O=C(NCC1(c2ccccc2)CCCC1)c1cc(C(F)F)[nH]n1. The van der Waals surface area contributed by atoms with E-state index in [0.29, 0.717) is 6.54 Å². The number of halogens is 2. The van der Waals surface area contributed by atoms with E-state index in [-0.39, 0.29) is 16.8 Å². The number of amides is 1. The fourth-order valence-electron chi connectivity index (χ4n) is 3.32. The van der Waals surface area contributed by atoms with E-state index in [2.05, 4.69) is 27.6 Å². The van der Waals surface area contributed by atoms with Crippen molar-refractivity contribution in [2.75, 3.05) is 6.54 Å². The van der Waals surface area contributed by atoms with Crippen molar-refractivity contribution in [2.45, 2.75) is 37.5 Å². The van der Waals surface area contributed by atoms with Gasteiger partial charge in [-0.2, -0.15) is 5.10 Å². The summed E-state index contributed by atoms with van der Waals surface area (Å²) in [5, 5.41) is 8.72. The minimum atomic E-state index is -2.66. The molecule has 3 rings (SSSR count). The van der Waals surface area contributed by atoms with Crippen molar-refractivity contribution in [3.05, 3.63) is 53.3 Å². The molecular formula is C17H19F2N3O. The Balaban J connectivity index is 1.71. The number of benzene rings is 1. The fourth-order valence-corrected chi connectivity index (χ4v) is 3.32. The van der Waals surface area contributed by atoms with Crippen LogP contribution < -0.4 is 5.32 Å². The van der Waals surface area contributed by atoms with Crippen molar-refractivity contribution in [2.24, 2.45) is 0 Å². The van der Waals surface area contributed by atoms with Crippen molar-refractivity contribution < 1.29 is 13.6 Å². The van der Waals surface area contributed by atoms with Gasteiger partial charge in [-0.05, 0) is 24.5 Å². The summed E-state index contributed by atoms with van der Waals surface area (Å²) in [6.45, 7) is 0.493. The fraction of sp³-hybridized carbons (Fsp3) is 0.412. The van der Waals surface area contributed by atoms with Gasteiger partial charge in [-0.25, -0.2) is 8.78 Å². The Bertz CT molecular complexity index is 663. The van der Waals surface area contributed by atoms with Crippen LogP contribution in [0.4, 0.5) is 8.78 Å². The normalized spacial score (nSPS) is 16.7. The van der Waals surface area contributed by atoms with Gasteiger partial charge in [0.05, 0.1) is 0 Å². The van der Waals surface area contributed by atoms with Gasteiger partial charge < -0.3 is 5.32 Å². The molecule has 1 aliphatic rings. The molecule has 1 amide bonds. The Morgan fingerprint density at radius 3 is 2.57 bits per heavy atom. The zero-order valence-electron chi connectivity index (χ0n) is 12.7. The quantitative estimate of drug-likeness (QED) is 0.885. The number of H-pyrrole nitrogens is 1. The first kappa shape index (κ1) is 15.6. The molecule has 1 aliphatic carbocycles. The maximum atomic E-state index is 12.6. The van der Waals surface area contributed by atoms with Crippen LogP contribution in [0.3, 0.4) is 0 Å². The van der Waals surface area contributed by atoms with E-state index in [0.717, 1.165) is 31.7 Å². The lowest BCUT2D eigenvalue weighted by atomic mass is 9.79. The molecule has 0 radical (unpaired) electrons. The van der Waals surface area contributed by atoms with Gasteiger partial charge in [-0.1, -0.05) is 43.2 Å². The molecule has 0 atom stereocenters. The van der Waals surface area contributed by atoms with Crippen molar-refractivity contribution in [3.8, 4) is 0 Å². The average molecular weight is 319 g/mol.